The van der Waals surface area contributed by atoms with Crippen LogP contribution in [0.5, 0.6) is 0 Å². The molecule has 5 nitrogen and oxygen atoms in total. The molecule has 2 rings (SSSR count). The van der Waals surface area contributed by atoms with Crippen molar-refractivity contribution in [1.29, 1.82) is 0 Å². The number of rotatable bonds is 7. The molecule has 1 fully saturated rings. The van der Waals surface area contributed by atoms with Crippen LogP contribution in [-0.4, -0.2) is 32.4 Å². The van der Waals surface area contributed by atoms with Crippen LogP contribution < -0.4 is 5.32 Å². The molecule has 1 aliphatic carbocycles. The minimum absolute atomic E-state index is 0.377. The molecule has 6 heteroatoms. The van der Waals surface area contributed by atoms with E-state index in [1.54, 1.807) is 13.1 Å². The summed E-state index contributed by atoms with van der Waals surface area (Å²) in [7, 11) is 0. The first-order valence-corrected chi connectivity index (χ1v) is 6.99. The summed E-state index contributed by atoms with van der Waals surface area (Å²) in [5.41, 5.74) is 0.0836. The number of nitrogens with zero attached hydrogens (tertiary/aromatic N) is 2. The van der Waals surface area contributed by atoms with E-state index in [-0.39, 0.29) is 0 Å². The SMILES string of the molecule is Cc1c(Cl)cnn1CCCC(C)(NC1CC1)C(=O)O. The second kappa shape index (κ2) is 5.51. The van der Waals surface area contributed by atoms with Crippen molar-refractivity contribution in [2.24, 2.45) is 0 Å². The summed E-state index contributed by atoms with van der Waals surface area (Å²) < 4.78 is 1.82. The third-order valence-corrected chi connectivity index (χ3v) is 4.03. The molecule has 0 spiro atoms. The van der Waals surface area contributed by atoms with E-state index in [0.29, 0.717) is 24.0 Å². The number of halogens is 1. The van der Waals surface area contributed by atoms with Crippen LogP contribution in [0.3, 0.4) is 0 Å². The first-order valence-electron chi connectivity index (χ1n) is 6.61. The Hall–Kier alpha value is -1.07. The van der Waals surface area contributed by atoms with E-state index in [1.807, 2.05) is 11.6 Å². The molecular formula is C13H20ClN3O2. The third kappa shape index (κ3) is 3.48. The molecule has 0 amide bonds. The summed E-state index contributed by atoms with van der Waals surface area (Å²) in [6.45, 7) is 4.36. The summed E-state index contributed by atoms with van der Waals surface area (Å²) in [4.78, 5) is 11.4. The average Bonchev–Trinajstić information content (AvgIpc) is 3.10. The van der Waals surface area contributed by atoms with Crippen LogP contribution in [0.1, 0.15) is 38.3 Å². The van der Waals surface area contributed by atoms with E-state index >= 15 is 0 Å². The van der Waals surface area contributed by atoms with Crippen molar-refractivity contribution in [3.63, 3.8) is 0 Å². The molecule has 19 heavy (non-hydrogen) atoms. The lowest BCUT2D eigenvalue weighted by molar-refractivity contribution is -0.144. The van der Waals surface area contributed by atoms with E-state index in [2.05, 4.69) is 10.4 Å². The number of aromatic nitrogens is 2. The molecule has 1 saturated carbocycles. The predicted molar refractivity (Wildman–Crippen MR) is 73.4 cm³/mol. The maximum absolute atomic E-state index is 11.4. The molecular weight excluding hydrogens is 266 g/mol. The van der Waals surface area contributed by atoms with E-state index < -0.39 is 11.5 Å². The van der Waals surface area contributed by atoms with Crippen molar-refractivity contribution in [3.8, 4) is 0 Å². The Bertz CT molecular complexity index is 470. The quantitative estimate of drug-likeness (QED) is 0.806. The number of carboxylic acids is 1. The molecule has 1 unspecified atom stereocenters. The van der Waals surface area contributed by atoms with Gasteiger partial charge >= 0.3 is 5.97 Å². The van der Waals surface area contributed by atoms with Crippen LogP contribution in [0.15, 0.2) is 6.20 Å². The van der Waals surface area contributed by atoms with Crippen LogP contribution in [0.2, 0.25) is 5.02 Å². The molecule has 106 valence electrons. The Labute approximate surface area is 117 Å². The smallest absolute Gasteiger partial charge is 0.323 e. The third-order valence-electron chi connectivity index (χ3n) is 3.66. The van der Waals surface area contributed by atoms with Gasteiger partial charge in [-0.2, -0.15) is 5.10 Å². The van der Waals surface area contributed by atoms with Gasteiger partial charge in [0, 0.05) is 12.6 Å². The number of hydrogen-bond donors (Lipinski definition) is 2. The van der Waals surface area contributed by atoms with Gasteiger partial charge in [0.2, 0.25) is 0 Å². The Morgan fingerprint density at radius 2 is 2.37 bits per heavy atom. The monoisotopic (exact) mass is 285 g/mol. The Balaban J connectivity index is 1.88. The maximum atomic E-state index is 11.4. The molecule has 0 aromatic carbocycles. The summed E-state index contributed by atoms with van der Waals surface area (Å²) in [5.74, 6) is -0.783. The van der Waals surface area contributed by atoms with Gasteiger partial charge in [0.15, 0.2) is 0 Å². The van der Waals surface area contributed by atoms with Crippen molar-refractivity contribution in [1.82, 2.24) is 15.1 Å². The van der Waals surface area contributed by atoms with E-state index in [4.69, 9.17) is 11.6 Å². The first kappa shape index (κ1) is 14.3. The van der Waals surface area contributed by atoms with Crippen molar-refractivity contribution >= 4 is 17.6 Å². The Morgan fingerprint density at radius 1 is 1.68 bits per heavy atom. The van der Waals surface area contributed by atoms with Gasteiger partial charge in [0.05, 0.1) is 16.9 Å². The fraction of sp³-hybridized carbons (Fsp3) is 0.692. The molecule has 0 radical (unpaired) electrons. The molecule has 0 aliphatic heterocycles. The normalized spacial score (nSPS) is 18.3. The highest BCUT2D eigenvalue weighted by atomic mass is 35.5. The van der Waals surface area contributed by atoms with Gasteiger partial charge in [-0.3, -0.25) is 14.8 Å². The largest absolute Gasteiger partial charge is 0.480 e. The van der Waals surface area contributed by atoms with Gasteiger partial charge in [-0.05, 0) is 39.5 Å². The zero-order valence-corrected chi connectivity index (χ0v) is 12.1. The van der Waals surface area contributed by atoms with Crippen molar-refractivity contribution in [3.05, 3.63) is 16.9 Å². The second-order valence-corrected chi connectivity index (χ2v) is 5.87. The highest BCUT2D eigenvalue weighted by Crippen LogP contribution is 2.25. The van der Waals surface area contributed by atoms with Crippen LogP contribution in [0.25, 0.3) is 0 Å². The molecule has 0 saturated heterocycles. The Kier molecular flexibility index (Phi) is 4.16. The van der Waals surface area contributed by atoms with Gasteiger partial charge in [0.25, 0.3) is 0 Å². The molecule has 1 aromatic heterocycles. The van der Waals surface area contributed by atoms with E-state index in [1.165, 1.54) is 0 Å². The fourth-order valence-corrected chi connectivity index (χ4v) is 2.29. The lowest BCUT2D eigenvalue weighted by Crippen LogP contribution is -2.50. The van der Waals surface area contributed by atoms with Crippen molar-refractivity contribution in [2.75, 3.05) is 0 Å². The number of nitrogens with one attached hydrogen (secondary N) is 1. The summed E-state index contributed by atoms with van der Waals surface area (Å²) in [5, 5.41) is 17.4. The standard InChI is InChI=1S/C13H20ClN3O2/c1-9-11(14)8-15-17(9)7-3-6-13(2,12(18)19)16-10-4-5-10/h8,10,16H,3-7H2,1-2H3,(H,18,19). The fourth-order valence-electron chi connectivity index (χ4n) is 2.15. The van der Waals surface area contributed by atoms with Crippen LogP contribution in [0.4, 0.5) is 0 Å². The summed E-state index contributed by atoms with van der Waals surface area (Å²) in [6.07, 6.45) is 5.11. The van der Waals surface area contributed by atoms with Gasteiger partial charge in [-0.1, -0.05) is 11.6 Å². The zero-order valence-electron chi connectivity index (χ0n) is 11.3. The minimum Gasteiger partial charge on any atom is -0.480 e. The molecule has 2 N–H and O–H groups in total. The highest BCUT2D eigenvalue weighted by Gasteiger charge is 2.37. The highest BCUT2D eigenvalue weighted by molar-refractivity contribution is 6.31. The zero-order chi connectivity index (χ0) is 14.0. The Morgan fingerprint density at radius 3 is 2.84 bits per heavy atom. The van der Waals surface area contributed by atoms with Gasteiger partial charge in [-0.25, -0.2) is 0 Å². The minimum atomic E-state index is -0.841. The number of carbonyl (C=O) groups is 1. The van der Waals surface area contributed by atoms with Crippen LogP contribution in [0, 0.1) is 6.92 Å². The molecule has 0 bridgehead atoms. The number of carboxylic acid groups (broad SMARTS) is 1. The topological polar surface area (TPSA) is 67.2 Å². The first-order chi connectivity index (χ1) is 8.92. The van der Waals surface area contributed by atoms with Gasteiger partial charge in [0.1, 0.15) is 5.54 Å². The van der Waals surface area contributed by atoms with E-state index in [9.17, 15) is 9.90 Å². The molecule has 1 aromatic rings. The molecule has 1 aliphatic rings. The van der Waals surface area contributed by atoms with Gasteiger partial charge < -0.3 is 5.11 Å². The summed E-state index contributed by atoms with van der Waals surface area (Å²) in [6, 6.07) is 0.377. The number of aryl methyl sites for hydroxylation is 1. The second-order valence-electron chi connectivity index (χ2n) is 5.46. The lowest BCUT2D eigenvalue weighted by Gasteiger charge is -2.26. The van der Waals surface area contributed by atoms with Crippen molar-refractivity contribution in [2.45, 2.75) is 57.7 Å². The average molecular weight is 286 g/mol. The number of hydrogen-bond acceptors (Lipinski definition) is 3. The lowest BCUT2D eigenvalue weighted by atomic mass is 9.95. The maximum Gasteiger partial charge on any atom is 0.323 e. The predicted octanol–water partition coefficient (Wildman–Crippen LogP) is 2.22. The van der Waals surface area contributed by atoms with E-state index in [0.717, 1.165) is 25.0 Å². The van der Waals surface area contributed by atoms with Gasteiger partial charge in [-0.15, -0.1) is 0 Å². The number of aliphatic carboxylic acids is 1. The van der Waals surface area contributed by atoms with Crippen LogP contribution in [-0.2, 0) is 11.3 Å². The molecule has 1 heterocycles. The van der Waals surface area contributed by atoms with Crippen molar-refractivity contribution < 1.29 is 9.90 Å². The van der Waals surface area contributed by atoms with Crippen LogP contribution >= 0.6 is 11.6 Å². The summed E-state index contributed by atoms with van der Waals surface area (Å²) >= 11 is 5.94. The molecule has 1 atom stereocenters.